The van der Waals surface area contributed by atoms with E-state index in [0.717, 1.165) is 0 Å². The van der Waals surface area contributed by atoms with Crippen LogP contribution in [0.5, 0.6) is 11.5 Å². The van der Waals surface area contributed by atoms with Gasteiger partial charge in [0.2, 0.25) is 16.1 Å². The molecule has 170 valence electrons. The lowest BCUT2D eigenvalue weighted by Crippen LogP contribution is -2.55. The van der Waals surface area contributed by atoms with Crippen molar-refractivity contribution in [2.45, 2.75) is 17.9 Å². The molecule has 0 spiro atoms. The molecule has 10 heteroatoms. The van der Waals surface area contributed by atoms with E-state index in [-0.39, 0.29) is 29.9 Å². The van der Waals surface area contributed by atoms with Crippen LogP contribution in [0.3, 0.4) is 0 Å². The molecule has 0 aromatic heterocycles. The van der Waals surface area contributed by atoms with E-state index in [1.54, 1.807) is 41.0 Å². The SMILES string of the molecule is CCNS(=O)(=O)c1cccc(C(=O)N2CCN(C(=O)C3COc4ccccc4O3)CC2)c1. The summed E-state index contributed by atoms with van der Waals surface area (Å²) in [4.78, 5) is 29.1. The number of hydrogen-bond donors (Lipinski definition) is 1. The predicted molar refractivity (Wildman–Crippen MR) is 116 cm³/mol. The average molecular weight is 460 g/mol. The summed E-state index contributed by atoms with van der Waals surface area (Å²) in [6.45, 7) is 3.51. The van der Waals surface area contributed by atoms with E-state index >= 15 is 0 Å². The van der Waals surface area contributed by atoms with Crippen LogP contribution in [0.25, 0.3) is 0 Å². The van der Waals surface area contributed by atoms with Crippen LogP contribution in [-0.2, 0) is 14.8 Å². The van der Waals surface area contributed by atoms with Crippen LogP contribution >= 0.6 is 0 Å². The highest BCUT2D eigenvalue weighted by atomic mass is 32.2. The summed E-state index contributed by atoms with van der Waals surface area (Å²) in [6, 6.07) is 13.2. The monoisotopic (exact) mass is 459 g/mol. The Morgan fingerprint density at radius 2 is 1.69 bits per heavy atom. The maximum absolute atomic E-state index is 12.9. The Labute approximate surface area is 187 Å². The van der Waals surface area contributed by atoms with Gasteiger partial charge in [0.1, 0.15) is 6.61 Å². The van der Waals surface area contributed by atoms with Crippen LogP contribution in [0.15, 0.2) is 53.4 Å². The van der Waals surface area contributed by atoms with E-state index in [9.17, 15) is 18.0 Å². The van der Waals surface area contributed by atoms with Crippen molar-refractivity contribution in [1.29, 1.82) is 0 Å². The third-order valence-electron chi connectivity index (χ3n) is 5.39. The zero-order valence-electron chi connectivity index (χ0n) is 17.7. The van der Waals surface area contributed by atoms with Crippen molar-refractivity contribution >= 4 is 21.8 Å². The average Bonchev–Trinajstić information content (AvgIpc) is 2.83. The largest absolute Gasteiger partial charge is 0.485 e. The van der Waals surface area contributed by atoms with E-state index in [0.29, 0.717) is 43.2 Å². The third kappa shape index (κ3) is 4.56. The first-order valence-electron chi connectivity index (χ1n) is 10.5. The zero-order valence-corrected chi connectivity index (χ0v) is 18.5. The van der Waals surface area contributed by atoms with E-state index in [1.807, 2.05) is 12.1 Å². The number of para-hydroxylation sites is 2. The summed E-state index contributed by atoms with van der Waals surface area (Å²) < 4.78 is 38.3. The quantitative estimate of drug-likeness (QED) is 0.718. The van der Waals surface area contributed by atoms with Crippen LogP contribution in [0.4, 0.5) is 0 Å². The molecular formula is C22H25N3O6S. The minimum absolute atomic E-state index is 0.0498. The lowest BCUT2D eigenvalue weighted by molar-refractivity contribution is -0.142. The topological polar surface area (TPSA) is 105 Å². The maximum Gasteiger partial charge on any atom is 0.267 e. The molecule has 0 bridgehead atoms. The number of ether oxygens (including phenoxy) is 2. The van der Waals surface area contributed by atoms with Crippen molar-refractivity contribution in [2.24, 2.45) is 0 Å². The molecule has 1 N–H and O–H groups in total. The standard InChI is InChI=1S/C22H25N3O6S/c1-2-23-32(28,29)17-7-5-6-16(14-17)21(26)24-10-12-25(13-11-24)22(27)20-15-30-18-8-3-4-9-19(18)31-20/h3-9,14,20,23H,2,10-13,15H2,1H3. The highest BCUT2D eigenvalue weighted by molar-refractivity contribution is 7.89. The number of hydrogen-bond acceptors (Lipinski definition) is 6. The molecule has 0 saturated carbocycles. The number of nitrogens with zero attached hydrogens (tertiary/aromatic N) is 2. The summed E-state index contributed by atoms with van der Waals surface area (Å²) in [5.41, 5.74) is 0.296. The summed E-state index contributed by atoms with van der Waals surface area (Å²) in [5.74, 6) is 0.714. The molecule has 0 radical (unpaired) electrons. The number of carbonyl (C=O) groups is 2. The Kier molecular flexibility index (Phi) is 6.33. The van der Waals surface area contributed by atoms with Gasteiger partial charge >= 0.3 is 0 Å². The Hall–Kier alpha value is -3.11. The number of nitrogens with one attached hydrogen (secondary N) is 1. The lowest BCUT2D eigenvalue weighted by atomic mass is 10.1. The fourth-order valence-corrected chi connectivity index (χ4v) is 4.81. The molecule has 2 aromatic rings. The van der Waals surface area contributed by atoms with Gasteiger partial charge in [0.25, 0.3) is 11.8 Å². The van der Waals surface area contributed by atoms with Crippen molar-refractivity contribution in [1.82, 2.24) is 14.5 Å². The first-order valence-corrected chi connectivity index (χ1v) is 11.9. The number of carbonyl (C=O) groups excluding carboxylic acids is 2. The van der Waals surface area contributed by atoms with Crippen molar-refractivity contribution in [3.8, 4) is 11.5 Å². The van der Waals surface area contributed by atoms with Crippen LogP contribution in [0.1, 0.15) is 17.3 Å². The molecule has 2 aliphatic rings. The second-order valence-electron chi connectivity index (χ2n) is 7.51. The van der Waals surface area contributed by atoms with Crippen LogP contribution in [0.2, 0.25) is 0 Å². The summed E-state index contributed by atoms with van der Waals surface area (Å²) in [5, 5.41) is 0. The van der Waals surface area contributed by atoms with Gasteiger partial charge in [-0.2, -0.15) is 0 Å². The van der Waals surface area contributed by atoms with E-state index < -0.39 is 16.1 Å². The summed E-state index contributed by atoms with van der Waals surface area (Å²) in [7, 11) is -3.65. The maximum atomic E-state index is 12.9. The smallest absolute Gasteiger partial charge is 0.267 e. The fourth-order valence-electron chi connectivity index (χ4n) is 3.73. The van der Waals surface area contributed by atoms with Crippen molar-refractivity contribution in [2.75, 3.05) is 39.3 Å². The molecule has 1 unspecified atom stereocenters. The molecule has 1 atom stereocenters. The molecule has 2 heterocycles. The van der Waals surface area contributed by atoms with Crippen molar-refractivity contribution in [3.63, 3.8) is 0 Å². The Balaban J connectivity index is 1.37. The minimum Gasteiger partial charge on any atom is -0.485 e. The fraction of sp³-hybridized carbons (Fsp3) is 0.364. The molecule has 32 heavy (non-hydrogen) atoms. The molecule has 2 aliphatic heterocycles. The zero-order chi connectivity index (χ0) is 22.7. The molecule has 0 aliphatic carbocycles. The van der Waals surface area contributed by atoms with Crippen LogP contribution in [0, 0.1) is 0 Å². The van der Waals surface area contributed by atoms with E-state index in [4.69, 9.17) is 9.47 Å². The molecule has 9 nitrogen and oxygen atoms in total. The second kappa shape index (κ2) is 9.17. The van der Waals surface area contributed by atoms with Gasteiger partial charge < -0.3 is 19.3 Å². The van der Waals surface area contributed by atoms with E-state index in [2.05, 4.69) is 4.72 Å². The number of rotatable bonds is 5. The van der Waals surface area contributed by atoms with Crippen LogP contribution < -0.4 is 14.2 Å². The van der Waals surface area contributed by atoms with Gasteiger partial charge in [0.05, 0.1) is 4.90 Å². The molecule has 2 amide bonds. The number of amides is 2. The van der Waals surface area contributed by atoms with Gasteiger partial charge in [0.15, 0.2) is 11.5 Å². The number of piperazine rings is 1. The Bertz CT molecular complexity index is 1110. The van der Waals surface area contributed by atoms with Gasteiger partial charge in [-0.3, -0.25) is 9.59 Å². The third-order valence-corrected chi connectivity index (χ3v) is 6.93. The molecular weight excluding hydrogens is 434 g/mol. The molecule has 2 aromatic carbocycles. The van der Waals surface area contributed by atoms with E-state index in [1.165, 1.54) is 12.1 Å². The number of fused-ring (bicyclic) bond motifs is 1. The van der Waals surface area contributed by atoms with Gasteiger partial charge in [-0.1, -0.05) is 25.1 Å². The normalized spacial score (nSPS) is 18.3. The minimum atomic E-state index is -3.65. The Morgan fingerprint density at radius 1 is 1.00 bits per heavy atom. The first-order chi connectivity index (χ1) is 15.4. The summed E-state index contributed by atoms with van der Waals surface area (Å²) >= 11 is 0. The Morgan fingerprint density at radius 3 is 2.41 bits per heavy atom. The van der Waals surface area contributed by atoms with Crippen molar-refractivity contribution in [3.05, 3.63) is 54.1 Å². The number of sulfonamides is 1. The second-order valence-corrected chi connectivity index (χ2v) is 9.28. The van der Waals surface area contributed by atoms with Gasteiger partial charge in [-0.15, -0.1) is 0 Å². The predicted octanol–water partition coefficient (Wildman–Crippen LogP) is 1.11. The highest BCUT2D eigenvalue weighted by Crippen LogP contribution is 2.31. The van der Waals surface area contributed by atoms with Gasteiger partial charge in [-0.05, 0) is 30.3 Å². The van der Waals surface area contributed by atoms with Crippen LogP contribution in [-0.4, -0.2) is 75.5 Å². The molecule has 4 rings (SSSR count). The van der Waals surface area contributed by atoms with Crippen molar-refractivity contribution < 1.29 is 27.5 Å². The van der Waals surface area contributed by atoms with Gasteiger partial charge in [-0.25, -0.2) is 13.1 Å². The summed E-state index contributed by atoms with van der Waals surface area (Å²) in [6.07, 6.45) is -0.722. The lowest BCUT2D eigenvalue weighted by Gasteiger charge is -2.37. The van der Waals surface area contributed by atoms with Gasteiger partial charge in [0, 0.05) is 38.3 Å². The molecule has 1 saturated heterocycles. The number of benzene rings is 2. The highest BCUT2D eigenvalue weighted by Gasteiger charge is 2.33. The molecule has 1 fully saturated rings. The first kappa shape index (κ1) is 22.1.